The Balaban J connectivity index is 3.03. The van der Waals surface area contributed by atoms with E-state index >= 15 is 0 Å². The van der Waals surface area contributed by atoms with Crippen LogP contribution in [-0.2, 0) is 10.1 Å². The Bertz CT molecular complexity index is 498. The van der Waals surface area contributed by atoms with E-state index in [4.69, 9.17) is 10.3 Å². The molecule has 1 atom stereocenters. The molecule has 0 heterocycles. The molecule has 0 aliphatic carbocycles. The van der Waals surface area contributed by atoms with Crippen molar-refractivity contribution in [2.45, 2.75) is 12.2 Å². The van der Waals surface area contributed by atoms with Gasteiger partial charge in [0.15, 0.2) is 0 Å². The van der Waals surface area contributed by atoms with E-state index in [9.17, 15) is 13.2 Å². The second kappa shape index (κ2) is 4.50. The third-order valence-electron chi connectivity index (χ3n) is 2.07. The van der Waals surface area contributed by atoms with E-state index in [1.165, 1.54) is 19.1 Å². The second-order valence-corrected chi connectivity index (χ2v) is 5.01. The van der Waals surface area contributed by atoms with Gasteiger partial charge in [0.05, 0.1) is 0 Å². The molecule has 1 aromatic carbocycles. The van der Waals surface area contributed by atoms with Gasteiger partial charge >= 0.3 is 6.03 Å². The maximum absolute atomic E-state index is 10.9. The minimum Gasteiger partial charge on any atom is -0.351 e. The van der Waals surface area contributed by atoms with E-state index in [2.05, 4.69) is 5.32 Å². The van der Waals surface area contributed by atoms with Gasteiger partial charge in [0.2, 0.25) is 0 Å². The Kier molecular flexibility index (Phi) is 3.51. The number of amides is 2. The molecule has 88 valence electrons. The molecule has 16 heavy (non-hydrogen) atoms. The van der Waals surface area contributed by atoms with Crippen molar-refractivity contribution < 1.29 is 17.8 Å². The van der Waals surface area contributed by atoms with Crippen molar-refractivity contribution in [1.29, 1.82) is 0 Å². The summed E-state index contributed by atoms with van der Waals surface area (Å²) in [5.74, 6) is 0. The fourth-order valence-electron chi connectivity index (χ4n) is 1.18. The van der Waals surface area contributed by atoms with E-state index in [0.29, 0.717) is 11.3 Å². The highest BCUT2D eigenvalue weighted by Gasteiger charge is 2.19. The minimum atomic E-state index is -4.15. The van der Waals surface area contributed by atoms with Crippen molar-refractivity contribution in [3.8, 4) is 0 Å². The van der Waals surface area contributed by atoms with Gasteiger partial charge < -0.3 is 11.1 Å². The predicted molar refractivity (Wildman–Crippen MR) is 59.6 cm³/mol. The average Bonchev–Trinajstić information content (AvgIpc) is 2.14. The van der Waals surface area contributed by atoms with Crippen molar-refractivity contribution in [2.24, 2.45) is 5.73 Å². The first-order chi connectivity index (χ1) is 7.30. The second-order valence-electron chi connectivity index (χ2n) is 3.27. The molecular formula is C9H12N2O4S. The summed E-state index contributed by atoms with van der Waals surface area (Å²) in [6.07, 6.45) is 0. The lowest BCUT2D eigenvalue weighted by atomic mass is 10.1. The van der Waals surface area contributed by atoms with Crippen LogP contribution in [0.25, 0.3) is 0 Å². The van der Waals surface area contributed by atoms with Crippen LogP contribution in [0.3, 0.4) is 0 Å². The summed E-state index contributed by atoms with van der Waals surface area (Å²) in [6, 6.07) is 5.35. The maximum Gasteiger partial charge on any atom is 0.316 e. The summed E-state index contributed by atoms with van der Waals surface area (Å²) in [4.78, 5) is 10.6. The lowest BCUT2D eigenvalue weighted by Crippen LogP contribution is -2.19. The van der Waals surface area contributed by atoms with Gasteiger partial charge in [0.1, 0.15) is 5.25 Å². The van der Waals surface area contributed by atoms with Crippen LogP contribution in [-0.4, -0.2) is 19.0 Å². The Hall–Kier alpha value is -1.60. The molecule has 6 nitrogen and oxygen atoms in total. The van der Waals surface area contributed by atoms with Crippen molar-refractivity contribution in [3.05, 3.63) is 29.8 Å². The maximum atomic E-state index is 10.9. The normalized spacial score (nSPS) is 13.1. The fraction of sp³-hybridized carbons (Fsp3) is 0.222. The summed E-state index contributed by atoms with van der Waals surface area (Å²) < 4.78 is 30.7. The Labute approximate surface area is 93.2 Å². The number of carbonyl (C=O) groups is 1. The van der Waals surface area contributed by atoms with Crippen molar-refractivity contribution >= 4 is 21.8 Å². The standard InChI is InChI=1S/C9H12N2O4S/c1-6(16(13,14)15)7-3-2-4-8(5-7)11-9(10)12/h2-6H,1H3,(H3,10,11,12)(H,13,14,15). The first-order valence-corrected chi connectivity index (χ1v) is 5.94. The molecule has 2 amide bonds. The third-order valence-corrected chi connectivity index (χ3v) is 3.24. The molecule has 0 aliphatic heterocycles. The SMILES string of the molecule is CC(c1cccc(NC(N)=O)c1)S(=O)(=O)O. The van der Waals surface area contributed by atoms with Gasteiger partial charge in [0.25, 0.3) is 10.1 Å². The van der Waals surface area contributed by atoms with Gasteiger partial charge in [-0.05, 0) is 24.6 Å². The molecule has 1 unspecified atom stereocenters. The fourth-order valence-corrected chi connectivity index (χ4v) is 1.67. The molecule has 1 aromatic rings. The Morgan fingerprint density at radius 1 is 1.50 bits per heavy atom. The monoisotopic (exact) mass is 244 g/mol. The molecule has 1 rings (SSSR count). The van der Waals surface area contributed by atoms with Gasteiger partial charge in [-0.2, -0.15) is 8.42 Å². The topological polar surface area (TPSA) is 109 Å². The molecule has 0 spiro atoms. The summed E-state index contributed by atoms with van der Waals surface area (Å²) in [6.45, 7) is 1.35. The number of nitrogens with one attached hydrogen (secondary N) is 1. The van der Waals surface area contributed by atoms with E-state index in [1.54, 1.807) is 12.1 Å². The summed E-state index contributed by atoms with van der Waals surface area (Å²) in [5.41, 5.74) is 5.66. The highest BCUT2D eigenvalue weighted by Crippen LogP contribution is 2.23. The number of benzene rings is 1. The molecule has 0 aromatic heterocycles. The number of hydrogen-bond donors (Lipinski definition) is 3. The molecule has 0 bridgehead atoms. The highest BCUT2D eigenvalue weighted by atomic mass is 32.2. The quantitative estimate of drug-likeness (QED) is 0.692. The molecule has 4 N–H and O–H groups in total. The minimum absolute atomic E-state index is 0.369. The summed E-state index contributed by atoms with van der Waals surface area (Å²) in [5, 5.41) is 1.26. The summed E-state index contributed by atoms with van der Waals surface area (Å²) in [7, 11) is -4.15. The molecule has 0 aliphatic rings. The third kappa shape index (κ3) is 3.21. The Morgan fingerprint density at radius 2 is 2.12 bits per heavy atom. The molecule has 0 saturated carbocycles. The van der Waals surface area contributed by atoms with E-state index in [0.717, 1.165) is 0 Å². The first-order valence-electron chi connectivity index (χ1n) is 4.43. The number of rotatable bonds is 3. The van der Waals surface area contributed by atoms with Crippen molar-refractivity contribution in [2.75, 3.05) is 5.32 Å². The Morgan fingerprint density at radius 3 is 2.62 bits per heavy atom. The van der Waals surface area contributed by atoms with E-state index in [1.807, 2.05) is 0 Å². The first kappa shape index (κ1) is 12.5. The van der Waals surface area contributed by atoms with Crippen LogP contribution in [0.2, 0.25) is 0 Å². The van der Waals surface area contributed by atoms with Crippen LogP contribution >= 0.6 is 0 Å². The van der Waals surface area contributed by atoms with Gasteiger partial charge in [-0.3, -0.25) is 4.55 Å². The van der Waals surface area contributed by atoms with Crippen molar-refractivity contribution in [1.82, 2.24) is 0 Å². The molecular weight excluding hydrogens is 232 g/mol. The number of primary amides is 1. The van der Waals surface area contributed by atoms with E-state index < -0.39 is 21.4 Å². The highest BCUT2D eigenvalue weighted by molar-refractivity contribution is 7.86. The number of carbonyl (C=O) groups excluding carboxylic acids is 1. The smallest absolute Gasteiger partial charge is 0.316 e. The number of urea groups is 1. The van der Waals surface area contributed by atoms with Crippen LogP contribution in [0.4, 0.5) is 10.5 Å². The van der Waals surface area contributed by atoms with Crippen LogP contribution in [0.15, 0.2) is 24.3 Å². The van der Waals surface area contributed by atoms with Gasteiger partial charge in [-0.25, -0.2) is 4.79 Å². The zero-order valence-electron chi connectivity index (χ0n) is 8.54. The molecule has 7 heteroatoms. The largest absolute Gasteiger partial charge is 0.351 e. The van der Waals surface area contributed by atoms with Gasteiger partial charge in [0, 0.05) is 5.69 Å². The van der Waals surface area contributed by atoms with Crippen LogP contribution < -0.4 is 11.1 Å². The average molecular weight is 244 g/mol. The van der Waals surface area contributed by atoms with Crippen molar-refractivity contribution in [3.63, 3.8) is 0 Å². The van der Waals surface area contributed by atoms with Crippen LogP contribution in [0.1, 0.15) is 17.7 Å². The van der Waals surface area contributed by atoms with Gasteiger partial charge in [-0.15, -0.1) is 0 Å². The molecule has 0 saturated heterocycles. The molecule has 0 radical (unpaired) electrons. The lowest BCUT2D eigenvalue weighted by molar-refractivity contribution is 0.259. The predicted octanol–water partition coefficient (Wildman–Crippen LogP) is 1.13. The summed E-state index contributed by atoms with van der Waals surface area (Å²) >= 11 is 0. The zero-order chi connectivity index (χ0) is 12.3. The van der Waals surface area contributed by atoms with E-state index in [-0.39, 0.29) is 0 Å². The number of anilines is 1. The lowest BCUT2D eigenvalue weighted by Gasteiger charge is -2.10. The molecule has 0 fully saturated rings. The van der Waals surface area contributed by atoms with Crippen LogP contribution in [0, 0.1) is 0 Å². The number of hydrogen-bond acceptors (Lipinski definition) is 3. The van der Waals surface area contributed by atoms with Crippen LogP contribution in [0.5, 0.6) is 0 Å². The van der Waals surface area contributed by atoms with Gasteiger partial charge in [-0.1, -0.05) is 12.1 Å². The zero-order valence-corrected chi connectivity index (χ0v) is 9.36. The number of nitrogens with two attached hydrogens (primary N) is 1.